The van der Waals surface area contributed by atoms with Crippen LogP contribution in [0.5, 0.6) is 17.6 Å². The van der Waals surface area contributed by atoms with Gasteiger partial charge >= 0.3 is 12.1 Å². The van der Waals surface area contributed by atoms with Crippen molar-refractivity contribution in [3.63, 3.8) is 0 Å². The highest BCUT2D eigenvalue weighted by atomic mass is 28.3. The van der Waals surface area contributed by atoms with Gasteiger partial charge in [0.1, 0.15) is 43.2 Å². The fourth-order valence-electron chi connectivity index (χ4n) is 12.5. The maximum atomic E-state index is 18.6. The van der Waals surface area contributed by atoms with E-state index in [0.29, 0.717) is 45.3 Å². The molecule has 2 bridgehead atoms. The molecule has 0 aliphatic carbocycles. The number of benzene rings is 2. The van der Waals surface area contributed by atoms with Crippen molar-refractivity contribution in [2.24, 2.45) is 5.73 Å². The Morgan fingerprint density at radius 3 is 2.32 bits per heavy atom. The van der Waals surface area contributed by atoms with E-state index in [2.05, 4.69) is 81.3 Å². The maximum Gasteiger partial charge on any atom is 0.410 e. The van der Waals surface area contributed by atoms with Crippen LogP contribution in [0.15, 0.2) is 42.5 Å². The van der Waals surface area contributed by atoms with Crippen molar-refractivity contribution >= 4 is 41.7 Å². The SMILES string of the molecule is C=C1CN2CC(=C)CC2(COc2nc3c4c(nc(-c5c(C(C)(C)C)c(OC(N)=O)c(F)c6cccc(C#C[Si](C(C)C)(C(C)C)C(C)C)c56)c(F)c4n2)O[C@@H](C)[C@@H]2[C@@H]4CC[C@H](CN32)N4)C1. The first-order valence-corrected chi connectivity index (χ1v) is 25.5. The van der Waals surface area contributed by atoms with E-state index in [-0.39, 0.29) is 69.9 Å². The number of carbonyl (C=O) groups is 1. The number of piperazine rings is 1. The quantitative estimate of drug-likeness (QED) is 0.100. The molecule has 14 heteroatoms. The zero-order chi connectivity index (χ0) is 46.7. The topological polar surface area (TPSA) is 128 Å². The van der Waals surface area contributed by atoms with E-state index in [9.17, 15) is 4.79 Å². The largest absolute Gasteiger partial charge is 0.472 e. The van der Waals surface area contributed by atoms with E-state index in [1.54, 1.807) is 12.1 Å². The van der Waals surface area contributed by atoms with Crippen LogP contribution in [0.3, 0.4) is 0 Å². The zero-order valence-corrected chi connectivity index (χ0v) is 40.5. The molecule has 3 N–H and O–H groups in total. The standard InChI is InChI=1S/C51H63F2N7O4Si/c1-26(2)65(27(3)4,28(5)6)19-18-32-14-13-15-34-36(32)37(39(50(10,11)12)45(40(34)52)64-48(54)61)42-41(53)43-38-46(60-24-33-16-17-35(55-33)44(60)31(9)63-47(38)56-42)58-49(57-43)62-25-51-20-29(7)22-59(51)23-30(8)21-51/h13-15,26-28,31,33,35,44,55H,7-8,16-17,20-25H2,1-6,9-12H3,(H2,54,61)/t31-,33+,35-,44+/m0/s1. The van der Waals surface area contributed by atoms with E-state index >= 15 is 8.78 Å². The molecule has 2 aromatic carbocycles. The molecule has 4 saturated heterocycles. The Bertz CT molecular complexity index is 2700. The molecule has 4 aromatic rings. The van der Waals surface area contributed by atoms with Crippen molar-refractivity contribution in [3.8, 4) is 40.4 Å². The van der Waals surface area contributed by atoms with Crippen LogP contribution in [0.1, 0.15) is 106 Å². The minimum absolute atomic E-state index is 0.0275. The minimum Gasteiger partial charge on any atom is -0.472 e. The lowest BCUT2D eigenvalue weighted by Crippen LogP contribution is -2.62. The van der Waals surface area contributed by atoms with Gasteiger partial charge in [-0.3, -0.25) is 4.90 Å². The first-order chi connectivity index (χ1) is 30.6. The average molecular weight is 904 g/mol. The van der Waals surface area contributed by atoms with Crippen molar-refractivity contribution in [3.05, 3.63) is 65.3 Å². The number of pyridine rings is 1. The van der Waals surface area contributed by atoms with Crippen molar-refractivity contribution in [1.29, 1.82) is 0 Å². The Kier molecular flexibility index (Phi) is 11.1. The first kappa shape index (κ1) is 45.1. The summed E-state index contributed by atoms with van der Waals surface area (Å²) in [5.74, 6) is 2.20. The molecule has 5 aliphatic heterocycles. The number of halogens is 2. The van der Waals surface area contributed by atoms with Crippen LogP contribution in [0, 0.1) is 23.1 Å². The van der Waals surface area contributed by atoms with Crippen LogP contribution in [0.4, 0.5) is 19.4 Å². The van der Waals surface area contributed by atoms with Gasteiger partial charge in [-0.25, -0.2) is 18.6 Å². The number of primary amides is 1. The van der Waals surface area contributed by atoms with Crippen LogP contribution in [0.25, 0.3) is 32.9 Å². The van der Waals surface area contributed by atoms with E-state index in [1.165, 1.54) is 0 Å². The predicted molar refractivity (Wildman–Crippen MR) is 256 cm³/mol. The third-order valence-corrected chi connectivity index (χ3v) is 21.3. The molecule has 5 aliphatic rings. The number of aromatic nitrogens is 3. The maximum absolute atomic E-state index is 18.6. The molecule has 0 saturated carbocycles. The van der Waals surface area contributed by atoms with Gasteiger partial charge in [0.05, 0.1) is 11.6 Å². The molecule has 11 nitrogen and oxygen atoms in total. The normalized spacial score (nSPS) is 22.7. The van der Waals surface area contributed by atoms with Crippen molar-refractivity contribution < 1.29 is 27.8 Å². The van der Waals surface area contributed by atoms with Gasteiger partial charge in [0, 0.05) is 59.2 Å². The molecule has 0 spiro atoms. The summed E-state index contributed by atoms with van der Waals surface area (Å²) in [6, 6.07) is 5.33. The number of hydrogen-bond donors (Lipinski definition) is 2. The van der Waals surface area contributed by atoms with E-state index in [1.807, 2.05) is 33.8 Å². The van der Waals surface area contributed by atoms with Gasteiger partial charge in [-0.15, -0.1) is 5.54 Å². The van der Waals surface area contributed by atoms with Crippen molar-refractivity contribution in [2.75, 3.05) is 31.1 Å². The van der Waals surface area contributed by atoms with Crippen LogP contribution < -0.4 is 30.2 Å². The predicted octanol–water partition coefficient (Wildman–Crippen LogP) is 9.88. The summed E-state index contributed by atoms with van der Waals surface area (Å²) >= 11 is 0. The summed E-state index contributed by atoms with van der Waals surface area (Å²) < 4.78 is 55.0. The lowest BCUT2D eigenvalue weighted by atomic mass is 9.78. The second-order valence-corrected chi connectivity index (χ2v) is 26.9. The Morgan fingerprint density at radius 2 is 1.69 bits per heavy atom. The number of nitrogens with two attached hydrogens (primary N) is 1. The number of ether oxygens (including phenoxy) is 3. The van der Waals surface area contributed by atoms with Crippen molar-refractivity contribution in [2.45, 2.75) is 147 Å². The van der Waals surface area contributed by atoms with Gasteiger partial charge in [0.2, 0.25) is 5.88 Å². The summed E-state index contributed by atoms with van der Waals surface area (Å²) in [5.41, 5.74) is 12.1. The monoisotopic (exact) mass is 903 g/mol. The third-order valence-electron chi connectivity index (χ3n) is 15.1. The highest BCUT2D eigenvalue weighted by molar-refractivity contribution is 6.90. The summed E-state index contributed by atoms with van der Waals surface area (Å²) in [5, 5.41) is 4.52. The molecular formula is C51H63F2N7O4Si. The zero-order valence-electron chi connectivity index (χ0n) is 39.5. The molecule has 1 amide bonds. The lowest BCUT2D eigenvalue weighted by Gasteiger charge is -2.42. The van der Waals surface area contributed by atoms with E-state index in [4.69, 9.17) is 34.9 Å². The molecular weight excluding hydrogens is 841 g/mol. The Morgan fingerprint density at radius 1 is 1.02 bits per heavy atom. The minimum atomic E-state index is -2.33. The number of hydrogen-bond acceptors (Lipinski definition) is 10. The number of nitrogens with one attached hydrogen (secondary N) is 1. The second kappa shape index (κ2) is 16.1. The number of anilines is 1. The molecule has 0 radical (unpaired) electrons. The molecule has 4 fully saturated rings. The van der Waals surface area contributed by atoms with Crippen molar-refractivity contribution in [1.82, 2.24) is 25.2 Å². The average Bonchev–Trinajstić information content (AvgIpc) is 3.82. The molecule has 2 aromatic heterocycles. The molecule has 4 atom stereocenters. The second-order valence-electron chi connectivity index (χ2n) is 21.3. The smallest absolute Gasteiger partial charge is 0.410 e. The van der Waals surface area contributed by atoms with Crippen LogP contribution >= 0.6 is 0 Å². The van der Waals surface area contributed by atoms with Gasteiger partial charge in [-0.05, 0) is 60.7 Å². The van der Waals surface area contributed by atoms with Gasteiger partial charge in [-0.1, -0.05) is 105 Å². The summed E-state index contributed by atoms with van der Waals surface area (Å²) in [4.78, 5) is 32.4. The van der Waals surface area contributed by atoms with Gasteiger partial charge in [-0.2, -0.15) is 9.97 Å². The Labute approximate surface area is 382 Å². The Hall–Kier alpha value is -5.10. The van der Waals surface area contributed by atoms with Gasteiger partial charge < -0.3 is 30.2 Å². The Balaban J connectivity index is 1.35. The first-order valence-electron chi connectivity index (χ1n) is 23.3. The third kappa shape index (κ3) is 7.27. The molecule has 0 unspecified atom stereocenters. The van der Waals surface area contributed by atoms with E-state index < -0.39 is 43.1 Å². The fraction of sp³-hybridized carbons (Fsp3) is 0.529. The molecule has 9 rings (SSSR count). The fourth-order valence-corrected chi connectivity index (χ4v) is 17.7. The highest BCUT2D eigenvalue weighted by Gasteiger charge is 2.50. The van der Waals surface area contributed by atoms with Crippen LogP contribution in [-0.2, 0) is 5.41 Å². The number of carbonyl (C=O) groups excluding carboxylic acids is 1. The number of rotatable bonds is 8. The van der Waals surface area contributed by atoms with Gasteiger partial charge in [0.15, 0.2) is 17.4 Å². The molecule has 7 heterocycles. The highest BCUT2D eigenvalue weighted by Crippen LogP contribution is 2.51. The van der Waals surface area contributed by atoms with Crippen LogP contribution in [0.2, 0.25) is 16.6 Å². The number of amides is 1. The molecule has 65 heavy (non-hydrogen) atoms. The summed E-state index contributed by atoms with van der Waals surface area (Å²) in [6.07, 6.45) is 1.82. The lowest BCUT2D eigenvalue weighted by molar-refractivity contribution is 0.108. The number of fused-ring (bicyclic) bond motifs is 7. The van der Waals surface area contributed by atoms with Gasteiger partial charge in [0.25, 0.3) is 0 Å². The molecule has 344 valence electrons. The number of nitrogens with zero attached hydrogens (tertiary/aromatic N) is 5. The summed E-state index contributed by atoms with van der Waals surface area (Å²) in [6.45, 7) is 31.9. The van der Waals surface area contributed by atoms with E-state index in [0.717, 1.165) is 49.9 Å². The van der Waals surface area contributed by atoms with Crippen LogP contribution in [-0.4, -0.2) is 90.0 Å². The summed E-state index contributed by atoms with van der Waals surface area (Å²) in [7, 11) is -2.33.